The predicted octanol–water partition coefficient (Wildman–Crippen LogP) is 0.208. The number of ether oxygens (including phenoxy) is 2. The van der Waals surface area contributed by atoms with Gasteiger partial charge in [0.1, 0.15) is 6.10 Å². The lowest BCUT2D eigenvalue weighted by Gasteiger charge is -2.30. The van der Waals surface area contributed by atoms with Gasteiger partial charge in [0.25, 0.3) is 5.91 Å². The number of carbonyl (C=O) groups is 1. The number of rotatable bonds is 5. The maximum Gasteiger partial charge on any atom is 0.488 e. The van der Waals surface area contributed by atoms with Crippen LogP contribution in [0.3, 0.4) is 0 Å². The van der Waals surface area contributed by atoms with Gasteiger partial charge in [-0.1, -0.05) is 3.89 Å². The third kappa shape index (κ3) is 4.61. The van der Waals surface area contributed by atoms with E-state index in [0.717, 1.165) is 12.3 Å². The summed E-state index contributed by atoms with van der Waals surface area (Å²) in [4.78, 5) is 15.8. The number of nitrogens with zero attached hydrogens (tertiary/aromatic N) is 1. The van der Waals surface area contributed by atoms with E-state index in [0.29, 0.717) is 19.6 Å². The molecular weight excluding hydrogens is 319 g/mol. The topological polar surface area (TPSA) is 104 Å². The molecule has 0 aromatic carbocycles. The van der Waals surface area contributed by atoms with Crippen molar-refractivity contribution >= 4 is 16.4 Å². The first kappa shape index (κ1) is 16.6. The highest BCUT2D eigenvalue weighted by atomic mass is 32.3. The van der Waals surface area contributed by atoms with Crippen molar-refractivity contribution < 1.29 is 30.8 Å². The smallest absolute Gasteiger partial charge is 0.379 e. The predicted molar refractivity (Wildman–Crippen MR) is 72.4 cm³/mol. The molecule has 2 atom stereocenters. The summed E-state index contributed by atoms with van der Waals surface area (Å²) in [6.45, 7) is 0.856. The maximum atomic E-state index is 12.5. The van der Waals surface area contributed by atoms with Crippen molar-refractivity contribution in [2.45, 2.75) is 18.6 Å². The van der Waals surface area contributed by atoms with Gasteiger partial charge in [0.15, 0.2) is 5.75 Å². The van der Waals surface area contributed by atoms with Gasteiger partial charge in [-0.15, -0.1) is 0 Å². The quantitative estimate of drug-likeness (QED) is 0.768. The molecule has 2 heterocycles. The number of methoxy groups -OCH3 is 1. The Bertz CT molecular complexity index is 638. The van der Waals surface area contributed by atoms with Crippen molar-refractivity contribution in [3.8, 4) is 5.75 Å². The van der Waals surface area contributed by atoms with E-state index in [9.17, 15) is 17.1 Å². The van der Waals surface area contributed by atoms with Crippen LogP contribution in [0.25, 0.3) is 0 Å². The second kappa shape index (κ2) is 6.99. The SMILES string of the molecule is CO[C@@H]1COCC[C@H]1NC(=O)c1cncc(OS(=O)(=O)F)c1. The third-order valence-electron chi connectivity index (χ3n) is 3.09. The molecule has 0 radical (unpaired) electrons. The fourth-order valence-electron chi connectivity index (χ4n) is 2.06. The summed E-state index contributed by atoms with van der Waals surface area (Å²) >= 11 is 0. The van der Waals surface area contributed by atoms with Gasteiger partial charge >= 0.3 is 10.5 Å². The van der Waals surface area contributed by atoms with E-state index in [1.807, 2.05) is 0 Å². The molecule has 1 aromatic rings. The number of nitrogens with one attached hydrogen (secondary N) is 1. The van der Waals surface area contributed by atoms with E-state index in [1.165, 1.54) is 13.3 Å². The molecule has 1 saturated heterocycles. The monoisotopic (exact) mass is 334 g/mol. The second-order valence-electron chi connectivity index (χ2n) is 4.60. The molecule has 0 bridgehead atoms. The van der Waals surface area contributed by atoms with Gasteiger partial charge in [0.2, 0.25) is 0 Å². The van der Waals surface area contributed by atoms with Crippen LogP contribution in [0.1, 0.15) is 16.8 Å². The lowest BCUT2D eigenvalue weighted by molar-refractivity contribution is -0.0479. The van der Waals surface area contributed by atoms with Crippen molar-refractivity contribution in [3.63, 3.8) is 0 Å². The van der Waals surface area contributed by atoms with E-state index < -0.39 is 16.4 Å². The number of halogens is 1. The lowest BCUT2D eigenvalue weighted by Crippen LogP contribution is -2.49. The molecule has 1 aliphatic rings. The van der Waals surface area contributed by atoms with Crippen LogP contribution in [0.2, 0.25) is 0 Å². The van der Waals surface area contributed by atoms with E-state index in [1.54, 1.807) is 0 Å². The lowest BCUT2D eigenvalue weighted by atomic mass is 10.1. The minimum Gasteiger partial charge on any atom is -0.379 e. The summed E-state index contributed by atoms with van der Waals surface area (Å²) in [5.74, 6) is -0.881. The molecular formula is C12H15FN2O6S. The highest BCUT2D eigenvalue weighted by Crippen LogP contribution is 2.16. The zero-order valence-electron chi connectivity index (χ0n) is 11.7. The summed E-state index contributed by atoms with van der Waals surface area (Å²) in [7, 11) is -3.65. The molecule has 8 nitrogen and oxygen atoms in total. The average molecular weight is 334 g/mol. The Kier molecular flexibility index (Phi) is 5.27. The summed E-state index contributed by atoms with van der Waals surface area (Å²) in [5.41, 5.74) is 0.0440. The molecule has 1 N–H and O–H groups in total. The zero-order valence-corrected chi connectivity index (χ0v) is 12.5. The molecule has 0 saturated carbocycles. The second-order valence-corrected chi connectivity index (χ2v) is 5.56. The Morgan fingerprint density at radius 3 is 2.95 bits per heavy atom. The third-order valence-corrected chi connectivity index (χ3v) is 3.49. The first-order valence-electron chi connectivity index (χ1n) is 6.39. The Morgan fingerprint density at radius 2 is 2.27 bits per heavy atom. The van der Waals surface area contributed by atoms with Crippen molar-refractivity contribution in [2.75, 3.05) is 20.3 Å². The number of carbonyl (C=O) groups excluding carboxylic acids is 1. The first-order chi connectivity index (χ1) is 10.4. The van der Waals surface area contributed by atoms with Crippen molar-refractivity contribution in [3.05, 3.63) is 24.0 Å². The first-order valence-corrected chi connectivity index (χ1v) is 7.70. The van der Waals surface area contributed by atoms with Gasteiger partial charge in [0.05, 0.1) is 24.4 Å². The number of pyridine rings is 1. The molecule has 122 valence electrons. The van der Waals surface area contributed by atoms with E-state index in [-0.39, 0.29) is 23.5 Å². The van der Waals surface area contributed by atoms with Crippen LogP contribution in [0, 0.1) is 0 Å². The van der Waals surface area contributed by atoms with Crippen LogP contribution in [0.4, 0.5) is 3.89 Å². The molecule has 1 amide bonds. The minimum atomic E-state index is -5.17. The molecule has 2 rings (SSSR count). The number of amides is 1. The van der Waals surface area contributed by atoms with Crippen molar-refractivity contribution in [1.82, 2.24) is 10.3 Å². The molecule has 0 aliphatic carbocycles. The summed E-state index contributed by atoms with van der Waals surface area (Å²) in [6, 6.07) is 0.835. The number of hydrogen-bond acceptors (Lipinski definition) is 7. The molecule has 1 aromatic heterocycles. The van der Waals surface area contributed by atoms with Crippen LogP contribution in [-0.4, -0.2) is 51.8 Å². The van der Waals surface area contributed by atoms with Crippen LogP contribution >= 0.6 is 0 Å². The Labute approximate surface area is 127 Å². The van der Waals surface area contributed by atoms with Crippen molar-refractivity contribution in [2.24, 2.45) is 0 Å². The van der Waals surface area contributed by atoms with Crippen LogP contribution in [0.15, 0.2) is 18.5 Å². The van der Waals surface area contributed by atoms with Gasteiger partial charge in [0, 0.05) is 19.9 Å². The summed E-state index contributed by atoms with van der Waals surface area (Å²) in [6.07, 6.45) is 2.50. The van der Waals surface area contributed by atoms with Crippen LogP contribution < -0.4 is 9.50 Å². The van der Waals surface area contributed by atoms with Gasteiger partial charge in [-0.05, 0) is 12.5 Å². The van der Waals surface area contributed by atoms with Gasteiger partial charge in [-0.2, -0.15) is 8.42 Å². The van der Waals surface area contributed by atoms with Crippen molar-refractivity contribution in [1.29, 1.82) is 0 Å². The van der Waals surface area contributed by atoms with E-state index >= 15 is 0 Å². The Hall–Kier alpha value is -1.78. The molecule has 1 aliphatic heterocycles. The fraction of sp³-hybridized carbons (Fsp3) is 0.500. The highest BCUT2D eigenvalue weighted by molar-refractivity contribution is 7.81. The maximum absolute atomic E-state index is 12.5. The Balaban J connectivity index is 2.07. The average Bonchev–Trinajstić information content (AvgIpc) is 2.46. The molecule has 10 heteroatoms. The normalized spacial score (nSPS) is 22.1. The zero-order chi connectivity index (χ0) is 16.2. The fourth-order valence-corrected chi connectivity index (χ4v) is 2.39. The van der Waals surface area contributed by atoms with Crippen LogP contribution in [0.5, 0.6) is 5.75 Å². The highest BCUT2D eigenvalue weighted by Gasteiger charge is 2.27. The molecule has 0 unspecified atom stereocenters. The number of aromatic nitrogens is 1. The molecule has 0 spiro atoms. The largest absolute Gasteiger partial charge is 0.488 e. The standard InChI is InChI=1S/C12H15FN2O6S/c1-19-11-7-20-3-2-10(11)15-12(16)8-4-9(6-14-5-8)21-22(13,17)18/h4-6,10-11H,2-3,7H2,1H3,(H,15,16)/t10-,11-/m1/s1. The molecule has 22 heavy (non-hydrogen) atoms. The van der Waals surface area contributed by atoms with Gasteiger partial charge in [-0.3, -0.25) is 9.78 Å². The van der Waals surface area contributed by atoms with E-state index in [4.69, 9.17) is 9.47 Å². The van der Waals surface area contributed by atoms with Gasteiger partial charge < -0.3 is 19.0 Å². The van der Waals surface area contributed by atoms with Crippen LogP contribution in [-0.2, 0) is 20.0 Å². The summed E-state index contributed by atoms with van der Waals surface area (Å²) < 4.78 is 47.8. The minimum absolute atomic E-state index is 0.0440. The molecule has 1 fully saturated rings. The van der Waals surface area contributed by atoms with Gasteiger partial charge in [-0.25, -0.2) is 0 Å². The summed E-state index contributed by atoms with van der Waals surface area (Å²) in [5, 5.41) is 2.74. The van der Waals surface area contributed by atoms with E-state index in [2.05, 4.69) is 14.5 Å². The Morgan fingerprint density at radius 1 is 1.50 bits per heavy atom. The number of hydrogen-bond donors (Lipinski definition) is 1.